The van der Waals surface area contributed by atoms with Gasteiger partial charge in [0, 0.05) is 6.07 Å². The van der Waals surface area contributed by atoms with Crippen LogP contribution in [0.5, 0.6) is 17.2 Å². The predicted molar refractivity (Wildman–Crippen MR) is 81.8 cm³/mol. The number of rotatable bonds is 7. The SMILES string of the molecule is COc1ccc([N+](=O)[O-])cc1OCCOc1cccc(C)c1. The van der Waals surface area contributed by atoms with Crippen molar-refractivity contribution in [2.24, 2.45) is 0 Å². The molecule has 0 radical (unpaired) electrons. The number of non-ortho nitro benzene ring substituents is 1. The van der Waals surface area contributed by atoms with Crippen LogP contribution in [0.15, 0.2) is 42.5 Å². The molecule has 2 aromatic carbocycles. The maximum atomic E-state index is 10.8. The average molecular weight is 303 g/mol. The van der Waals surface area contributed by atoms with Gasteiger partial charge in [-0.05, 0) is 30.7 Å². The summed E-state index contributed by atoms with van der Waals surface area (Å²) < 4.78 is 16.2. The van der Waals surface area contributed by atoms with Crippen molar-refractivity contribution in [2.75, 3.05) is 20.3 Å². The Morgan fingerprint density at radius 3 is 2.50 bits per heavy atom. The van der Waals surface area contributed by atoms with Crippen molar-refractivity contribution in [2.45, 2.75) is 6.92 Å². The van der Waals surface area contributed by atoms with Gasteiger partial charge < -0.3 is 14.2 Å². The first-order valence-electron chi connectivity index (χ1n) is 6.75. The Kier molecular flexibility index (Phi) is 5.19. The second-order valence-corrected chi connectivity index (χ2v) is 4.61. The summed E-state index contributed by atoms with van der Waals surface area (Å²) in [6, 6.07) is 11.9. The van der Waals surface area contributed by atoms with Crippen LogP contribution in [0.2, 0.25) is 0 Å². The van der Waals surface area contributed by atoms with Crippen molar-refractivity contribution in [3.8, 4) is 17.2 Å². The summed E-state index contributed by atoms with van der Waals surface area (Å²) >= 11 is 0. The van der Waals surface area contributed by atoms with E-state index in [2.05, 4.69) is 0 Å². The van der Waals surface area contributed by atoms with Gasteiger partial charge in [-0.2, -0.15) is 0 Å². The van der Waals surface area contributed by atoms with Crippen LogP contribution in [0.4, 0.5) is 5.69 Å². The molecule has 0 aliphatic rings. The molecule has 0 amide bonds. The van der Waals surface area contributed by atoms with E-state index in [1.165, 1.54) is 25.3 Å². The number of benzene rings is 2. The molecule has 0 aromatic heterocycles. The third-order valence-electron chi connectivity index (χ3n) is 2.96. The van der Waals surface area contributed by atoms with Gasteiger partial charge in [-0.15, -0.1) is 0 Å². The third-order valence-corrected chi connectivity index (χ3v) is 2.96. The molecule has 0 fully saturated rings. The lowest BCUT2D eigenvalue weighted by atomic mass is 10.2. The van der Waals surface area contributed by atoms with Gasteiger partial charge in [0.15, 0.2) is 11.5 Å². The molecule has 6 heteroatoms. The molecule has 0 N–H and O–H groups in total. The average Bonchev–Trinajstić information content (AvgIpc) is 2.51. The first-order chi connectivity index (χ1) is 10.6. The normalized spacial score (nSPS) is 10.1. The topological polar surface area (TPSA) is 70.8 Å². The van der Waals surface area contributed by atoms with Crippen LogP contribution in [0.3, 0.4) is 0 Å². The van der Waals surface area contributed by atoms with E-state index in [1.54, 1.807) is 0 Å². The van der Waals surface area contributed by atoms with Crippen LogP contribution in [-0.2, 0) is 0 Å². The zero-order valence-corrected chi connectivity index (χ0v) is 12.4. The Morgan fingerprint density at radius 2 is 1.82 bits per heavy atom. The highest BCUT2D eigenvalue weighted by molar-refractivity contribution is 5.48. The monoisotopic (exact) mass is 303 g/mol. The predicted octanol–water partition coefficient (Wildman–Crippen LogP) is 3.37. The fraction of sp³-hybridized carbons (Fsp3) is 0.250. The van der Waals surface area contributed by atoms with Crippen LogP contribution in [-0.4, -0.2) is 25.2 Å². The van der Waals surface area contributed by atoms with Crippen LogP contribution < -0.4 is 14.2 Å². The largest absolute Gasteiger partial charge is 0.493 e. The van der Waals surface area contributed by atoms with Gasteiger partial charge in [0.1, 0.15) is 19.0 Å². The Balaban J connectivity index is 1.93. The van der Waals surface area contributed by atoms with E-state index >= 15 is 0 Å². The number of methoxy groups -OCH3 is 1. The highest BCUT2D eigenvalue weighted by Gasteiger charge is 2.12. The summed E-state index contributed by atoms with van der Waals surface area (Å²) in [5, 5.41) is 10.8. The molecule has 22 heavy (non-hydrogen) atoms. The smallest absolute Gasteiger partial charge is 0.273 e. The first kappa shape index (κ1) is 15.6. The van der Waals surface area contributed by atoms with Crippen molar-refractivity contribution >= 4 is 5.69 Å². The Morgan fingerprint density at radius 1 is 1.05 bits per heavy atom. The second-order valence-electron chi connectivity index (χ2n) is 4.61. The van der Waals surface area contributed by atoms with Crippen molar-refractivity contribution in [3.05, 3.63) is 58.1 Å². The number of hydrogen-bond donors (Lipinski definition) is 0. The lowest BCUT2D eigenvalue weighted by Gasteiger charge is -2.11. The minimum Gasteiger partial charge on any atom is -0.493 e. The molecule has 0 saturated carbocycles. The fourth-order valence-corrected chi connectivity index (χ4v) is 1.91. The number of ether oxygens (including phenoxy) is 3. The summed E-state index contributed by atoms with van der Waals surface area (Å²) in [5.41, 5.74) is 1.06. The number of aryl methyl sites for hydroxylation is 1. The van der Waals surface area contributed by atoms with Crippen LogP contribution >= 0.6 is 0 Å². The number of hydrogen-bond acceptors (Lipinski definition) is 5. The summed E-state index contributed by atoms with van der Waals surface area (Å²) in [6.45, 7) is 2.57. The van der Waals surface area contributed by atoms with Gasteiger partial charge in [-0.1, -0.05) is 12.1 Å². The fourth-order valence-electron chi connectivity index (χ4n) is 1.91. The molecule has 0 aliphatic carbocycles. The van der Waals surface area contributed by atoms with Gasteiger partial charge in [0.2, 0.25) is 0 Å². The lowest BCUT2D eigenvalue weighted by molar-refractivity contribution is -0.385. The van der Waals surface area contributed by atoms with Gasteiger partial charge >= 0.3 is 0 Å². The molecule has 0 atom stereocenters. The van der Waals surface area contributed by atoms with E-state index in [-0.39, 0.29) is 12.3 Å². The van der Waals surface area contributed by atoms with E-state index in [0.29, 0.717) is 18.1 Å². The summed E-state index contributed by atoms with van der Waals surface area (Å²) in [6.07, 6.45) is 0. The zero-order chi connectivity index (χ0) is 15.9. The third kappa shape index (κ3) is 4.12. The molecular formula is C16H17NO5. The molecule has 0 aliphatic heterocycles. The molecule has 0 spiro atoms. The molecule has 2 aromatic rings. The summed E-state index contributed by atoms with van der Waals surface area (Å²) in [7, 11) is 1.48. The standard InChI is InChI=1S/C16H17NO5/c1-12-4-3-5-14(10-12)21-8-9-22-16-11-13(17(18)19)6-7-15(16)20-2/h3-7,10-11H,8-9H2,1-2H3. The van der Waals surface area contributed by atoms with Crippen molar-refractivity contribution < 1.29 is 19.1 Å². The maximum Gasteiger partial charge on any atom is 0.273 e. The Hall–Kier alpha value is -2.76. The Bertz CT molecular complexity index is 657. The second kappa shape index (κ2) is 7.31. The first-order valence-corrected chi connectivity index (χ1v) is 6.75. The van der Waals surface area contributed by atoms with E-state index in [4.69, 9.17) is 14.2 Å². The van der Waals surface area contributed by atoms with E-state index in [0.717, 1.165) is 11.3 Å². The molecule has 2 rings (SSSR count). The quantitative estimate of drug-likeness (QED) is 0.445. The molecule has 0 unspecified atom stereocenters. The molecule has 6 nitrogen and oxygen atoms in total. The molecule has 0 bridgehead atoms. The highest BCUT2D eigenvalue weighted by Crippen LogP contribution is 2.31. The minimum absolute atomic E-state index is 0.0459. The van der Waals surface area contributed by atoms with Crippen LogP contribution in [0.25, 0.3) is 0 Å². The summed E-state index contributed by atoms with van der Waals surface area (Å²) in [4.78, 5) is 10.3. The van der Waals surface area contributed by atoms with Gasteiger partial charge in [-0.3, -0.25) is 10.1 Å². The number of nitro benzene ring substituents is 1. The van der Waals surface area contributed by atoms with Crippen molar-refractivity contribution in [1.29, 1.82) is 0 Å². The lowest BCUT2D eigenvalue weighted by Crippen LogP contribution is -2.09. The van der Waals surface area contributed by atoms with E-state index in [1.807, 2.05) is 31.2 Å². The van der Waals surface area contributed by atoms with Crippen molar-refractivity contribution in [3.63, 3.8) is 0 Å². The van der Waals surface area contributed by atoms with E-state index < -0.39 is 4.92 Å². The van der Waals surface area contributed by atoms with Crippen LogP contribution in [0, 0.1) is 17.0 Å². The maximum absolute atomic E-state index is 10.8. The zero-order valence-electron chi connectivity index (χ0n) is 12.4. The molecule has 116 valence electrons. The molecule has 0 heterocycles. The number of nitrogens with zero attached hydrogens (tertiary/aromatic N) is 1. The minimum atomic E-state index is -0.477. The molecule has 0 saturated heterocycles. The van der Waals surface area contributed by atoms with Gasteiger partial charge in [0.25, 0.3) is 5.69 Å². The highest BCUT2D eigenvalue weighted by atomic mass is 16.6. The van der Waals surface area contributed by atoms with Gasteiger partial charge in [0.05, 0.1) is 18.1 Å². The Labute approximate surface area is 128 Å². The molecular weight excluding hydrogens is 286 g/mol. The number of nitro groups is 1. The van der Waals surface area contributed by atoms with E-state index in [9.17, 15) is 10.1 Å². The van der Waals surface area contributed by atoms with Crippen molar-refractivity contribution in [1.82, 2.24) is 0 Å². The van der Waals surface area contributed by atoms with Crippen LogP contribution in [0.1, 0.15) is 5.56 Å². The summed E-state index contributed by atoms with van der Waals surface area (Å²) in [5.74, 6) is 1.53. The van der Waals surface area contributed by atoms with Gasteiger partial charge in [-0.25, -0.2) is 0 Å².